The van der Waals surface area contributed by atoms with Gasteiger partial charge < -0.3 is 15.4 Å². The lowest BCUT2D eigenvalue weighted by atomic mass is 10.2. The fourth-order valence-corrected chi connectivity index (χ4v) is 1.86. The lowest BCUT2D eigenvalue weighted by Gasteiger charge is -2.21. The molecule has 1 aliphatic rings. The third kappa shape index (κ3) is 2.27. The number of carbonyl (C=O) groups is 1. The molecule has 0 radical (unpaired) electrons. The van der Waals surface area contributed by atoms with Gasteiger partial charge in [-0.3, -0.25) is 4.79 Å². The van der Waals surface area contributed by atoms with Crippen LogP contribution in [-0.4, -0.2) is 41.7 Å². The van der Waals surface area contributed by atoms with Crippen LogP contribution in [0.25, 0.3) is 0 Å². The van der Waals surface area contributed by atoms with Crippen molar-refractivity contribution in [1.82, 2.24) is 9.97 Å². The van der Waals surface area contributed by atoms with E-state index in [1.807, 2.05) is 0 Å². The third-order valence-electron chi connectivity index (χ3n) is 2.66. The zero-order chi connectivity index (χ0) is 12.4. The zero-order valence-electron chi connectivity index (χ0n) is 9.34. The molecule has 1 aromatic rings. The Morgan fingerprint density at radius 3 is 3.12 bits per heavy atom. The van der Waals surface area contributed by atoms with Crippen LogP contribution in [0.1, 0.15) is 6.42 Å². The van der Waals surface area contributed by atoms with E-state index in [1.54, 1.807) is 6.07 Å². The Labute approximate surface area is 97.6 Å². The van der Waals surface area contributed by atoms with Crippen molar-refractivity contribution >= 4 is 11.9 Å². The van der Waals surface area contributed by atoms with Crippen LogP contribution in [0.2, 0.25) is 0 Å². The Balaban J connectivity index is 2.28. The Morgan fingerprint density at radius 1 is 1.71 bits per heavy atom. The maximum absolute atomic E-state index is 13.3. The highest BCUT2D eigenvalue weighted by atomic mass is 19.1. The summed E-state index contributed by atoms with van der Waals surface area (Å²) in [7, 11) is 1.47. The van der Waals surface area contributed by atoms with Crippen molar-refractivity contribution in [2.75, 3.05) is 18.6 Å². The number of nitrogens with zero attached hydrogens (tertiary/aromatic N) is 3. The van der Waals surface area contributed by atoms with Gasteiger partial charge in [0.25, 0.3) is 0 Å². The first-order valence-corrected chi connectivity index (χ1v) is 5.19. The topological polar surface area (TPSA) is 81.3 Å². The van der Waals surface area contributed by atoms with Crippen LogP contribution in [0.4, 0.5) is 10.3 Å². The number of ether oxygens (including phenoxy) is 1. The number of methoxy groups -OCH3 is 1. The van der Waals surface area contributed by atoms with E-state index in [1.165, 1.54) is 18.2 Å². The maximum Gasteiger partial charge on any atom is 0.240 e. The van der Waals surface area contributed by atoms with Gasteiger partial charge in [0.2, 0.25) is 17.7 Å². The Kier molecular flexibility index (Phi) is 3.08. The van der Waals surface area contributed by atoms with Gasteiger partial charge >= 0.3 is 0 Å². The third-order valence-corrected chi connectivity index (χ3v) is 2.66. The lowest BCUT2D eigenvalue weighted by Crippen LogP contribution is -2.41. The average Bonchev–Trinajstić information content (AvgIpc) is 2.72. The van der Waals surface area contributed by atoms with Crippen LogP contribution in [-0.2, 0) is 4.79 Å². The van der Waals surface area contributed by atoms with Gasteiger partial charge in [-0.25, -0.2) is 9.37 Å². The number of carbonyl (C=O) groups excluding carboxylic acids is 1. The van der Waals surface area contributed by atoms with Gasteiger partial charge in [0.05, 0.1) is 13.7 Å². The molecule has 6 nitrogen and oxygen atoms in total. The first-order chi connectivity index (χ1) is 8.11. The van der Waals surface area contributed by atoms with Crippen LogP contribution < -0.4 is 15.4 Å². The van der Waals surface area contributed by atoms with Gasteiger partial charge in [0, 0.05) is 18.7 Å². The van der Waals surface area contributed by atoms with Gasteiger partial charge in [-0.2, -0.15) is 4.98 Å². The first kappa shape index (κ1) is 11.6. The fourth-order valence-electron chi connectivity index (χ4n) is 1.86. The molecule has 0 saturated carbocycles. The number of anilines is 1. The molecule has 2 rings (SSSR count). The summed E-state index contributed by atoms with van der Waals surface area (Å²) >= 11 is 0. The molecular weight excluding hydrogens is 227 g/mol. The summed E-state index contributed by atoms with van der Waals surface area (Å²) in [6.07, 6.45) is 0.475. The monoisotopic (exact) mass is 240 g/mol. The second-order valence-electron chi connectivity index (χ2n) is 3.80. The average molecular weight is 240 g/mol. The highest BCUT2D eigenvalue weighted by Gasteiger charge is 2.37. The molecule has 1 fully saturated rings. The first-order valence-electron chi connectivity index (χ1n) is 5.19. The van der Waals surface area contributed by atoms with Crippen LogP contribution in [0.3, 0.4) is 0 Å². The van der Waals surface area contributed by atoms with E-state index < -0.39 is 18.1 Å². The van der Waals surface area contributed by atoms with Crippen LogP contribution >= 0.6 is 0 Å². The van der Waals surface area contributed by atoms with E-state index in [2.05, 4.69) is 9.97 Å². The van der Waals surface area contributed by atoms with E-state index >= 15 is 0 Å². The molecule has 1 aliphatic heterocycles. The molecule has 0 bridgehead atoms. The van der Waals surface area contributed by atoms with Crippen molar-refractivity contribution in [3.8, 4) is 5.88 Å². The highest BCUT2D eigenvalue weighted by Crippen LogP contribution is 2.25. The standard InChI is InChI=1S/C10H13FN4O2/c1-17-8-2-3-13-10(14-8)15-5-6(11)4-7(15)9(12)16/h2-3,6-7H,4-5H2,1H3,(H2,12,16)/t6-,7+/m1/s1. The smallest absolute Gasteiger partial charge is 0.240 e. The van der Waals surface area contributed by atoms with Crippen LogP contribution in [0.5, 0.6) is 5.88 Å². The van der Waals surface area contributed by atoms with Gasteiger partial charge in [-0.05, 0) is 0 Å². The number of hydrogen-bond acceptors (Lipinski definition) is 5. The molecule has 0 unspecified atom stereocenters. The molecule has 2 atom stereocenters. The summed E-state index contributed by atoms with van der Waals surface area (Å²) < 4.78 is 18.3. The molecule has 1 saturated heterocycles. The minimum absolute atomic E-state index is 0.0702. The number of amides is 1. The summed E-state index contributed by atoms with van der Waals surface area (Å²) in [6.45, 7) is 0.0702. The van der Waals surface area contributed by atoms with E-state index in [-0.39, 0.29) is 18.9 Å². The highest BCUT2D eigenvalue weighted by molar-refractivity contribution is 5.83. The predicted octanol–water partition coefficient (Wildman–Crippen LogP) is -0.113. The van der Waals surface area contributed by atoms with E-state index in [9.17, 15) is 9.18 Å². The van der Waals surface area contributed by atoms with Gasteiger partial charge in [0.1, 0.15) is 12.2 Å². The second kappa shape index (κ2) is 4.52. The number of nitrogens with two attached hydrogens (primary N) is 1. The van der Waals surface area contributed by atoms with Crippen molar-refractivity contribution in [1.29, 1.82) is 0 Å². The maximum atomic E-state index is 13.3. The molecule has 17 heavy (non-hydrogen) atoms. The lowest BCUT2D eigenvalue weighted by molar-refractivity contribution is -0.119. The van der Waals surface area contributed by atoms with E-state index in [0.29, 0.717) is 5.88 Å². The molecule has 0 spiro atoms. The predicted molar refractivity (Wildman–Crippen MR) is 58.4 cm³/mol. The number of alkyl halides is 1. The Bertz CT molecular complexity index is 429. The molecule has 92 valence electrons. The molecule has 0 aliphatic carbocycles. The summed E-state index contributed by atoms with van der Waals surface area (Å²) in [5.41, 5.74) is 5.22. The summed E-state index contributed by atoms with van der Waals surface area (Å²) in [6, 6.07) is 0.878. The van der Waals surface area contributed by atoms with Crippen molar-refractivity contribution in [3.63, 3.8) is 0 Å². The van der Waals surface area contributed by atoms with Crippen molar-refractivity contribution in [2.45, 2.75) is 18.6 Å². The fraction of sp³-hybridized carbons (Fsp3) is 0.500. The number of hydrogen-bond donors (Lipinski definition) is 1. The van der Waals surface area contributed by atoms with Gasteiger partial charge in [-0.1, -0.05) is 0 Å². The molecular formula is C10H13FN4O2. The Morgan fingerprint density at radius 2 is 2.47 bits per heavy atom. The molecule has 1 aromatic heterocycles. The SMILES string of the molecule is COc1ccnc(N2C[C@H](F)C[C@H]2C(N)=O)n1. The van der Waals surface area contributed by atoms with Crippen LogP contribution in [0, 0.1) is 0 Å². The number of aromatic nitrogens is 2. The normalized spacial score (nSPS) is 23.8. The van der Waals surface area contributed by atoms with Crippen LogP contribution in [0.15, 0.2) is 12.3 Å². The molecule has 1 amide bonds. The van der Waals surface area contributed by atoms with E-state index in [0.717, 1.165) is 0 Å². The van der Waals surface area contributed by atoms with Crippen molar-refractivity contribution < 1.29 is 13.9 Å². The molecule has 7 heteroatoms. The molecule has 2 heterocycles. The van der Waals surface area contributed by atoms with Crippen molar-refractivity contribution in [3.05, 3.63) is 12.3 Å². The van der Waals surface area contributed by atoms with Crippen molar-refractivity contribution in [2.24, 2.45) is 5.73 Å². The van der Waals surface area contributed by atoms with E-state index in [4.69, 9.17) is 10.5 Å². The minimum atomic E-state index is -1.10. The largest absolute Gasteiger partial charge is 0.481 e. The molecule has 2 N–H and O–H groups in total. The van der Waals surface area contributed by atoms with Gasteiger partial charge in [0.15, 0.2) is 0 Å². The number of primary amides is 1. The van der Waals surface area contributed by atoms with Gasteiger partial charge in [-0.15, -0.1) is 0 Å². The minimum Gasteiger partial charge on any atom is -0.481 e. The summed E-state index contributed by atoms with van der Waals surface area (Å²) in [4.78, 5) is 20.7. The summed E-state index contributed by atoms with van der Waals surface area (Å²) in [5, 5.41) is 0. The number of rotatable bonds is 3. The summed E-state index contributed by atoms with van der Waals surface area (Å²) in [5.74, 6) is 0.0467. The quantitative estimate of drug-likeness (QED) is 0.797. The number of halogens is 1. The zero-order valence-corrected chi connectivity index (χ0v) is 9.34. The Hall–Kier alpha value is -1.92. The molecule has 0 aromatic carbocycles. The second-order valence-corrected chi connectivity index (χ2v) is 3.80.